The minimum atomic E-state index is -0.959. The van der Waals surface area contributed by atoms with Crippen molar-refractivity contribution in [1.29, 1.82) is 0 Å². The first-order valence-corrected chi connectivity index (χ1v) is 9.25. The van der Waals surface area contributed by atoms with E-state index in [0.717, 1.165) is 28.1 Å². The first-order chi connectivity index (χ1) is 14.6. The summed E-state index contributed by atoms with van der Waals surface area (Å²) in [4.78, 5) is 11.1. The van der Waals surface area contributed by atoms with E-state index in [1.807, 2.05) is 71.6 Å². The number of rotatable bonds is 5. The number of nitrogens with two attached hydrogens (primary N) is 1. The van der Waals surface area contributed by atoms with E-state index in [-0.39, 0.29) is 5.56 Å². The molecule has 0 amide bonds. The molecule has 0 saturated heterocycles. The molecule has 4 aromatic rings. The van der Waals surface area contributed by atoms with Gasteiger partial charge in [-0.15, -0.1) is 0 Å². The minimum absolute atomic E-state index is 0.235. The summed E-state index contributed by atoms with van der Waals surface area (Å²) in [5, 5.41) is 9.09. The fourth-order valence-electron chi connectivity index (χ4n) is 3.14. The number of para-hydroxylation sites is 1. The Morgan fingerprint density at radius 2 is 1.63 bits per heavy atom. The van der Waals surface area contributed by atoms with Gasteiger partial charge in [0.2, 0.25) is 0 Å². The number of ether oxygens (including phenoxy) is 1. The maximum Gasteiger partial charge on any atom is 0.335 e. The quantitative estimate of drug-likeness (QED) is 0.373. The number of carboxylic acid groups (broad SMARTS) is 1. The highest BCUT2D eigenvalue weighted by Gasteiger charge is 2.11. The summed E-state index contributed by atoms with van der Waals surface area (Å²) in [6, 6.07) is 26.4. The van der Waals surface area contributed by atoms with Gasteiger partial charge in [0.15, 0.2) is 0 Å². The van der Waals surface area contributed by atoms with Crippen LogP contribution in [0.1, 0.15) is 15.9 Å². The number of aromatic nitrogens is 1. The molecule has 146 valence electrons. The first kappa shape index (κ1) is 18.9. The molecule has 0 saturated carbocycles. The predicted octanol–water partition coefficient (Wildman–Crippen LogP) is 4.90. The molecule has 0 unspecified atom stereocenters. The summed E-state index contributed by atoms with van der Waals surface area (Å²) in [5.74, 6) is 3.45. The van der Waals surface area contributed by atoms with Crippen molar-refractivity contribution in [3.8, 4) is 40.3 Å². The zero-order valence-corrected chi connectivity index (χ0v) is 15.9. The Hall–Kier alpha value is -4.43. The molecule has 30 heavy (non-hydrogen) atoms. The molecular formula is C25H18N2O3. The Labute approximate surface area is 174 Å². The van der Waals surface area contributed by atoms with Crippen molar-refractivity contribution in [3.63, 3.8) is 0 Å². The van der Waals surface area contributed by atoms with Crippen LogP contribution in [0, 0.1) is 12.0 Å². The third-order valence-corrected chi connectivity index (χ3v) is 4.57. The van der Waals surface area contributed by atoms with E-state index in [4.69, 9.17) is 15.6 Å². The van der Waals surface area contributed by atoms with Crippen LogP contribution in [0.4, 0.5) is 0 Å². The second kappa shape index (κ2) is 8.29. The molecule has 0 spiro atoms. The highest BCUT2D eigenvalue weighted by Crippen LogP contribution is 2.30. The number of aromatic carboxylic acids is 1. The zero-order chi connectivity index (χ0) is 20.9. The lowest BCUT2D eigenvalue weighted by Gasteiger charge is -2.07. The second-order valence-corrected chi connectivity index (χ2v) is 6.56. The van der Waals surface area contributed by atoms with Crippen LogP contribution >= 0.6 is 0 Å². The standard InChI is InChI=1S/C25H18N2O3/c26-14-13-20-16-27(21-11-9-18(10-12-21)25(28)29)17-24(20)19-5-4-8-23(15-19)30-22-6-2-1-3-7-22/h1-12,15-17H,26H2,(H,28,29). The molecule has 1 heterocycles. The summed E-state index contributed by atoms with van der Waals surface area (Å²) >= 11 is 0. The van der Waals surface area contributed by atoms with Gasteiger partial charge in [-0.05, 0) is 60.0 Å². The van der Waals surface area contributed by atoms with Crippen molar-refractivity contribution in [2.24, 2.45) is 5.73 Å². The molecule has 1 aromatic heterocycles. The van der Waals surface area contributed by atoms with Crippen molar-refractivity contribution in [3.05, 3.63) is 102 Å². The minimum Gasteiger partial charge on any atom is -0.478 e. The molecule has 4 rings (SSSR count). The van der Waals surface area contributed by atoms with E-state index in [9.17, 15) is 4.79 Å². The van der Waals surface area contributed by atoms with Gasteiger partial charge in [0, 0.05) is 29.7 Å². The van der Waals surface area contributed by atoms with E-state index in [0.29, 0.717) is 5.75 Å². The van der Waals surface area contributed by atoms with E-state index in [1.165, 1.54) is 0 Å². The largest absolute Gasteiger partial charge is 0.478 e. The summed E-state index contributed by atoms with van der Waals surface area (Å²) in [5.41, 5.74) is 9.13. The summed E-state index contributed by atoms with van der Waals surface area (Å²) < 4.78 is 7.84. The van der Waals surface area contributed by atoms with E-state index in [2.05, 4.69) is 12.0 Å². The third-order valence-electron chi connectivity index (χ3n) is 4.57. The Morgan fingerprint density at radius 3 is 2.33 bits per heavy atom. The fourth-order valence-corrected chi connectivity index (χ4v) is 3.14. The number of benzene rings is 3. The maximum absolute atomic E-state index is 11.1. The van der Waals surface area contributed by atoms with Crippen molar-refractivity contribution in [2.75, 3.05) is 0 Å². The topological polar surface area (TPSA) is 77.5 Å². The van der Waals surface area contributed by atoms with Crippen LogP contribution in [-0.4, -0.2) is 15.6 Å². The Balaban J connectivity index is 1.70. The number of hydrogen-bond acceptors (Lipinski definition) is 3. The third kappa shape index (κ3) is 4.03. The number of hydrogen-bond donors (Lipinski definition) is 2. The van der Waals surface area contributed by atoms with Gasteiger partial charge in [0.05, 0.1) is 11.1 Å². The average molecular weight is 394 g/mol. The lowest BCUT2D eigenvalue weighted by atomic mass is 10.0. The highest BCUT2D eigenvalue weighted by atomic mass is 16.5. The van der Waals surface area contributed by atoms with E-state index in [1.54, 1.807) is 24.3 Å². The molecule has 0 bridgehead atoms. The van der Waals surface area contributed by atoms with Crippen molar-refractivity contribution in [2.45, 2.75) is 0 Å². The van der Waals surface area contributed by atoms with E-state index < -0.39 is 5.97 Å². The molecule has 0 aliphatic heterocycles. The van der Waals surface area contributed by atoms with E-state index >= 15 is 0 Å². The molecule has 0 fully saturated rings. The monoisotopic (exact) mass is 394 g/mol. The van der Waals surface area contributed by atoms with Gasteiger partial charge in [-0.3, -0.25) is 0 Å². The number of carbonyl (C=O) groups is 1. The second-order valence-electron chi connectivity index (χ2n) is 6.56. The van der Waals surface area contributed by atoms with Gasteiger partial charge in [-0.1, -0.05) is 30.3 Å². The van der Waals surface area contributed by atoms with Gasteiger partial charge in [-0.25, -0.2) is 4.79 Å². The Morgan fingerprint density at radius 1 is 0.900 bits per heavy atom. The fraction of sp³-hybridized carbons (Fsp3) is 0. The lowest BCUT2D eigenvalue weighted by molar-refractivity contribution is 0.0697. The molecule has 0 aliphatic carbocycles. The molecule has 3 aromatic carbocycles. The molecule has 5 nitrogen and oxygen atoms in total. The molecule has 0 radical (unpaired) electrons. The lowest BCUT2D eigenvalue weighted by Crippen LogP contribution is -1.97. The van der Waals surface area contributed by atoms with Crippen LogP contribution in [0.25, 0.3) is 16.8 Å². The maximum atomic E-state index is 11.1. The van der Waals surface area contributed by atoms with Crippen molar-refractivity contribution in [1.82, 2.24) is 4.57 Å². The summed E-state index contributed by atoms with van der Waals surface area (Å²) in [7, 11) is 0. The zero-order valence-electron chi connectivity index (χ0n) is 15.9. The first-order valence-electron chi connectivity index (χ1n) is 9.25. The van der Waals surface area contributed by atoms with Crippen molar-refractivity contribution < 1.29 is 14.6 Å². The predicted molar refractivity (Wildman–Crippen MR) is 116 cm³/mol. The highest BCUT2D eigenvalue weighted by molar-refractivity contribution is 5.87. The average Bonchev–Trinajstić information content (AvgIpc) is 3.19. The Kier molecular flexibility index (Phi) is 5.23. The molecule has 0 aliphatic rings. The van der Waals surface area contributed by atoms with Crippen LogP contribution in [0.2, 0.25) is 0 Å². The van der Waals surface area contributed by atoms with Gasteiger partial charge in [0.25, 0.3) is 0 Å². The number of carboxylic acids is 1. The van der Waals surface area contributed by atoms with Crippen molar-refractivity contribution >= 4 is 5.97 Å². The Bertz CT molecular complexity index is 1250. The number of nitrogens with zero attached hydrogens (tertiary/aromatic N) is 1. The SMILES string of the molecule is NC#Cc1cn(-c2ccc(C(=O)O)cc2)cc1-c1cccc(Oc2ccccc2)c1. The molecular weight excluding hydrogens is 376 g/mol. The van der Waals surface area contributed by atoms with Gasteiger partial charge in [-0.2, -0.15) is 0 Å². The summed E-state index contributed by atoms with van der Waals surface area (Å²) in [6.45, 7) is 0. The molecule has 5 heteroatoms. The normalized spacial score (nSPS) is 10.1. The van der Waals surface area contributed by atoms with Crippen LogP contribution in [0.3, 0.4) is 0 Å². The summed E-state index contributed by atoms with van der Waals surface area (Å²) in [6.07, 6.45) is 3.81. The molecule has 3 N–H and O–H groups in total. The van der Waals surface area contributed by atoms with Crippen LogP contribution in [-0.2, 0) is 0 Å². The van der Waals surface area contributed by atoms with Gasteiger partial charge >= 0.3 is 5.97 Å². The smallest absolute Gasteiger partial charge is 0.335 e. The van der Waals surface area contributed by atoms with Gasteiger partial charge in [0.1, 0.15) is 11.5 Å². The van der Waals surface area contributed by atoms with Crippen LogP contribution < -0.4 is 10.5 Å². The van der Waals surface area contributed by atoms with Crippen LogP contribution in [0.15, 0.2) is 91.3 Å². The molecule has 0 atom stereocenters. The van der Waals surface area contributed by atoms with Crippen LogP contribution in [0.5, 0.6) is 11.5 Å². The van der Waals surface area contributed by atoms with Gasteiger partial charge < -0.3 is 20.1 Å².